The molecule has 0 heterocycles. The molecule has 104 valence electrons. The molecule has 1 amide bonds. The van der Waals surface area contributed by atoms with Crippen molar-refractivity contribution in [2.75, 3.05) is 0 Å². The Labute approximate surface area is 109 Å². The van der Waals surface area contributed by atoms with Gasteiger partial charge in [-0.15, -0.1) is 0 Å². The summed E-state index contributed by atoms with van der Waals surface area (Å²) >= 11 is 0. The number of nitrogens with one attached hydrogen (secondary N) is 1. The fourth-order valence-corrected chi connectivity index (χ4v) is 2.76. The Kier molecular flexibility index (Phi) is 6.16. The first-order valence-corrected chi connectivity index (χ1v) is 7.11. The molecule has 1 saturated carbocycles. The summed E-state index contributed by atoms with van der Waals surface area (Å²) < 4.78 is 0. The number of carboxylic acids is 1. The molecule has 0 aromatic rings. The number of rotatable bonds is 7. The van der Waals surface area contributed by atoms with Crippen LogP contribution in [-0.2, 0) is 9.59 Å². The summed E-state index contributed by atoms with van der Waals surface area (Å²) in [6.45, 7) is 2.10. The fourth-order valence-electron chi connectivity index (χ4n) is 2.76. The monoisotopic (exact) mass is 255 g/mol. The van der Waals surface area contributed by atoms with Crippen molar-refractivity contribution in [3.05, 3.63) is 0 Å². The number of hydrogen-bond acceptors (Lipinski definition) is 2. The van der Waals surface area contributed by atoms with Crippen LogP contribution in [0.4, 0.5) is 0 Å². The van der Waals surface area contributed by atoms with Gasteiger partial charge in [0, 0.05) is 6.42 Å². The second-order valence-electron chi connectivity index (χ2n) is 5.42. The van der Waals surface area contributed by atoms with Crippen LogP contribution in [0, 0.1) is 0 Å². The van der Waals surface area contributed by atoms with Crippen LogP contribution in [0.25, 0.3) is 0 Å². The van der Waals surface area contributed by atoms with E-state index >= 15 is 0 Å². The summed E-state index contributed by atoms with van der Waals surface area (Å²) in [5, 5.41) is 12.0. The summed E-state index contributed by atoms with van der Waals surface area (Å²) in [6, 6.07) is 0. The highest BCUT2D eigenvalue weighted by Gasteiger charge is 2.35. The van der Waals surface area contributed by atoms with Crippen molar-refractivity contribution in [3.63, 3.8) is 0 Å². The zero-order valence-electron chi connectivity index (χ0n) is 11.3. The number of hydrogen-bond donors (Lipinski definition) is 2. The molecule has 1 aliphatic carbocycles. The fraction of sp³-hybridized carbons (Fsp3) is 0.857. The maximum Gasteiger partial charge on any atom is 0.305 e. The Morgan fingerprint density at radius 1 is 1.17 bits per heavy atom. The van der Waals surface area contributed by atoms with Crippen LogP contribution in [0.2, 0.25) is 0 Å². The van der Waals surface area contributed by atoms with Gasteiger partial charge < -0.3 is 10.4 Å². The smallest absolute Gasteiger partial charge is 0.305 e. The van der Waals surface area contributed by atoms with Crippen LogP contribution in [0.15, 0.2) is 0 Å². The summed E-state index contributed by atoms with van der Waals surface area (Å²) in [4.78, 5) is 22.8. The summed E-state index contributed by atoms with van der Waals surface area (Å²) in [7, 11) is 0. The largest absolute Gasteiger partial charge is 0.481 e. The Hall–Kier alpha value is -1.06. The predicted molar refractivity (Wildman–Crippen MR) is 70.4 cm³/mol. The van der Waals surface area contributed by atoms with Crippen molar-refractivity contribution >= 4 is 11.9 Å². The predicted octanol–water partition coefficient (Wildman–Crippen LogP) is 2.86. The van der Waals surface area contributed by atoms with E-state index in [-0.39, 0.29) is 12.3 Å². The summed E-state index contributed by atoms with van der Waals surface area (Å²) in [5.74, 6) is -0.794. The van der Waals surface area contributed by atoms with E-state index < -0.39 is 11.5 Å². The molecule has 0 saturated heterocycles. The lowest BCUT2D eigenvalue weighted by Gasteiger charge is -2.37. The van der Waals surface area contributed by atoms with Gasteiger partial charge in [0.2, 0.25) is 5.91 Å². The first kappa shape index (κ1) is 15.0. The molecule has 1 fully saturated rings. The van der Waals surface area contributed by atoms with E-state index in [1.54, 1.807) is 0 Å². The average molecular weight is 255 g/mol. The number of carboxylic acid groups (broad SMARTS) is 1. The third kappa shape index (κ3) is 5.07. The summed E-state index contributed by atoms with van der Waals surface area (Å²) in [5.41, 5.74) is -0.479. The zero-order valence-corrected chi connectivity index (χ0v) is 11.3. The molecule has 4 nitrogen and oxygen atoms in total. The molecule has 0 aliphatic heterocycles. The van der Waals surface area contributed by atoms with Crippen molar-refractivity contribution in [1.82, 2.24) is 5.32 Å². The lowest BCUT2D eigenvalue weighted by molar-refractivity contribution is -0.139. The number of amides is 1. The molecular formula is C14H25NO3. The average Bonchev–Trinajstić information content (AvgIpc) is 2.29. The topological polar surface area (TPSA) is 66.4 Å². The van der Waals surface area contributed by atoms with Crippen molar-refractivity contribution in [1.29, 1.82) is 0 Å². The number of aliphatic carboxylic acids is 1. The van der Waals surface area contributed by atoms with Gasteiger partial charge in [-0.3, -0.25) is 9.59 Å². The van der Waals surface area contributed by atoms with E-state index in [1.165, 1.54) is 0 Å². The van der Waals surface area contributed by atoms with Gasteiger partial charge in [0.15, 0.2) is 0 Å². The van der Waals surface area contributed by atoms with Gasteiger partial charge in [-0.25, -0.2) is 0 Å². The molecule has 1 aliphatic rings. The minimum Gasteiger partial charge on any atom is -0.481 e. The number of carbonyl (C=O) groups is 2. The molecule has 0 bridgehead atoms. The number of carbonyl (C=O) groups excluding carboxylic acids is 1. The molecule has 0 unspecified atom stereocenters. The lowest BCUT2D eigenvalue weighted by Crippen LogP contribution is -2.51. The first-order valence-electron chi connectivity index (χ1n) is 7.11. The summed E-state index contributed by atoms with van der Waals surface area (Å²) in [6.07, 6.45) is 8.41. The standard InChI is InChI=1S/C14H25NO3/c1-2-3-5-8-12(16)15-14(11-13(17)18)9-6-4-7-10-14/h2-11H2,1H3,(H,15,16)(H,17,18). The molecule has 0 radical (unpaired) electrons. The normalized spacial score (nSPS) is 18.3. The highest BCUT2D eigenvalue weighted by Crippen LogP contribution is 2.31. The van der Waals surface area contributed by atoms with Gasteiger partial charge >= 0.3 is 5.97 Å². The van der Waals surface area contributed by atoms with Crippen molar-refractivity contribution < 1.29 is 14.7 Å². The molecule has 0 spiro atoms. The van der Waals surface area contributed by atoms with Gasteiger partial charge in [-0.1, -0.05) is 39.0 Å². The van der Waals surface area contributed by atoms with Crippen molar-refractivity contribution in [2.24, 2.45) is 0 Å². The van der Waals surface area contributed by atoms with E-state index in [4.69, 9.17) is 5.11 Å². The molecule has 2 N–H and O–H groups in total. The molecule has 18 heavy (non-hydrogen) atoms. The Morgan fingerprint density at radius 3 is 2.39 bits per heavy atom. The maximum absolute atomic E-state index is 11.9. The third-order valence-corrected chi connectivity index (χ3v) is 3.71. The van der Waals surface area contributed by atoms with Gasteiger partial charge in [0.1, 0.15) is 0 Å². The molecule has 1 rings (SSSR count). The quantitative estimate of drug-likeness (QED) is 0.687. The van der Waals surface area contributed by atoms with Crippen LogP contribution in [-0.4, -0.2) is 22.5 Å². The van der Waals surface area contributed by atoms with E-state index in [0.717, 1.165) is 51.4 Å². The Balaban J connectivity index is 2.49. The minimum absolute atomic E-state index is 0.0200. The van der Waals surface area contributed by atoms with Crippen LogP contribution < -0.4 is 5.32 Å². The van der Waals surface area contributed by atoms with E-state index in [1.807, 2.05) is 0 Å². The third-order valence-electron chi connectivity index (χ3n) is 3.71. The van der Waals surface area contributed by atoms with Crippen molar-refractivity contribution in [3.8, 4) is 0 Å². The molecular weight excluding hydrogens is 230 g/mol. The van der Waals surface area contributed by atoms with Gasteiger partial charge in [0.05, 0.1) is 12.0 Å². The highest BCUT2D eigenvalue weighted by molar-refractivity contribution is 5.78. The molecule has 0 atom stereocenters. The van der Waals surface area contributed by atoms with E-state index in [9.17, 15) is 9.59 Å². The first-order chi connectivity index (χ1) is 8.58. The van der Waals surface area contributed by atoms with Gasteiger partial charge in [-0.05, 0) is 19.3 Å². The zero-order chi connectivity index (χ0) is 13.4. The maximum atomic E-state index is 11.9. The van der Waals surface area contributed by atoms with Gasteiger partial charge in [-0.2, -0.15) is 0 Å². The second kappa shape index (κ2) is 7.39. The SMILES string of the molecule is CCCCCC(=O)NC1(CC(=O)O)CCCCC1. The molecule has 0 aromatic carbocycles. The van der Waals surface area contributed by atoms with Gasteiger partial charge in [0.25, 0.3) is 0 Å². The van der Waals surface area contributed by atoms with Crippen LogP contribution in [0.1, 0.15) is 71.1 Å². The Bertz CT molecular complexity index is 283. The highest BCUT2D eigenvalue weighted by atomic mass is 16.4. The molecule has 4 heteroatoms. The van der Waals surface area contributed by atoms with Crippen LogP contribution in [0.5, 0.6) is 0 Å². The lowest BCUT2D eigenvalue weighted by atomic mass is 9.79. The Morgan fingerprint density at radius 2 is 1.83 bits per heavy atom. The van der Waals surface area contributed by atoms with Crippen LogP contribution in [0.3, 0.4) is 0 Å². The van der Waals surface area contributed by atoms with Crippen LogP contribution >= 0.6 is 0 Å². The van der Waals surface area contributed by atoms with E-state index in [2.05, 4.69) is 12.2 Å². The number of unbranched alkanes of at least 4 members (excludes halogenated alkanes) is 2. The second-order valence-corrected chi connectivity index (χ2v) is 5.42. The van der Waals surface area contributed by atoms with Crippen molar-refractivity contribution in [2.45, 2.75) is 76.7 Å². The molecule has 0 aromatic heterocycles. The minimum atomic E-state index is -0.814. The van der Waals surface area contributed by atoms with E-state index in [0.29, 0.717) is 6.42 Å².